The molecule has 2 saturated heterocycles. The Morgan fingerprint density at radius 1 is 1.13 bits per heavy atom. The summed E-state index contributed by atoms with van der Waals surface area (Å²) in [6.45, 7) is 7.31. The van der Waals surface area contributed by atoms with Crippen molar-refractivity contribution >= 4 is 35.0 Å². The molecule has 2 aliphatic heterocycles. The van der Waals surface area contributed by atoms with E-state index in [-0.39, 0.29) is 5.91 Å². The molecule has 0 radical (unpaired) electrons. The number of aromatic nitrogens is 2. The average molecular weight is 442 g/mol. The number of nitrogens with one attached hydrogen (secondary N) is 1. The number of nitrogens with zero attached hydrogens (tertiary/aromatic N) is 6. The van der Waals surface area contributed by atoms with Gasteiger partial charge in [-0.3, -0.25) is 9.48 Å². The second-order valence-electron chi connectivity index (χ2n) is 7.78. The molecule has 2 fully saturated rings. The number of hydrogen-bond donors (Lipinski definition) is 1. The highest BCUT2D eigenvalue weighted by Gasteiger charge is 2.27. The Kier molecular flexibility index (Phi) is 7.01. The summed E-state index contributed by atoms with van der Waals surface area (Å²) in [5.41, 5.74) is 3.31. The van der Waals surface area contributed by atoms with Crippen molar-refractivity contribution < 1.29 is 4.79 Å². The Morgan fingerprint density at radius 2 is 1.90 bits per heavy atom. The summed E-state index contributed by atoms with van der Waals surface area (Å²) in [5.74, 6) is 3.25. The van der Waals surface area contributed by atoms with Crippen molar-refractivity contribution in [3.8, 4) is 0 Å². The maximum Gasteiger partial charge on any atom is 0.246 e. The van der Waals surface area contributed by atoms with Crippen LogP contribution in [0.25, 0.3) is 0 Å². The van der Waals surface area contributed by atoms with Gasteiger partial charge in [0.15, 0.2) is 5.96 Å². The molecule has 1 amide bonds. The van der Waals surface area contributed by atoms with Crippen LogP contribution in [-0.2, 0) is 18.4 Å². The van der Waals surface area contributed by atoms with Crippen molar-refractivity contribution in [2.45, 2.75) is 13.5 Å². The fourth-order valence-electron chi connectivity index (χ4n) is 3.90. The molecule has 0 bridgehead atoms. The third-order valence-electron chi connectivity index (χ3n) is 5.58. The van der Waals surface area contributed by atoms with Gasteiger partial charge in [-0.05, 0) is 24.6 Å². The van der Waals surface area contributed by atoms with Gasteiger partial charge in [-0.1, -0.05) is 12.1 Å². The number of guanidine groups is 1. The SMILES string of the molecule is CCNC(=NCc1ccc(N2CCSCC2)cc1)N1CCN(c2cnn(C)c2)C(=O)C1. The summed E-state index contributed by atoms with van der Waals surface area (Å²) >= 11 is 2.02. The van der Waals surface area contributed by atoms with Crippen molar-refractivity contribution in [3.63, 3.8) is 0 Å². The first-order valence-electron chi connectivity index (χ1n) is 10.9. The van der Waals surface area contributed by atoms with E-state index < -0.39 is 0 Å². The lowest BCUT2D eigenvalue weighted by molar-refractivity contribution is -0.120. The van der Waals surface area contributed by atoms with Gasteiger partial charge in [-0.15, -0.1) is 0 Å². The molecular formula is C22H31N7OS. The standard InChI is InChI=1S/C22H31N7OS/c1-3-23-22(28-8-9-29(21(30)17-28)20-15-25-26(2)16-20)24-14-18-4-6-19(7-5-18)27-10-12-31-13-11-27/h4-7,15-16H,3,8-14,17H2,1-2H3,(H,23,24). The molecule has 0 unspecified atom stereocenters. The van der Waals surface area contributed by atoms with E-state index in [1.165, 1.54) is 22.8 Å². The van der Waals surface area contributed by atoms with Crippen molar-refractivity contribution in [1.29, 1.82) is 0 Å². The number of benzene rings is 1. The quantitative estimate of drug-likeness (QED) is 0.564. The predicted octanol–water partition coefficient (Wildman–Crippen LogP) is 1.79. The predicted molar refractivity (Wildman–Crippen MR) is 128 cm³/mol. The Bertz CT molecular complexity index is 905. The molecule has 1 aromatic carbocycles. The van der Waals surface area contributed by atoms with Crippen molar-refractivity contribution in [1.82, 2.24) is 20.0 Å². The first-order valence-corrected chi connectivity index (χ1v) is 12.0. The molecule has 31 heavy (non-hydrogen) atoms. The van der Waals surface area contributed by atoms with E-state index in [0.717, 1.165) is 37.8 Å². The molecule has 0 spiro atoms. The van der Waals surface area contributed by atoms with Crippen molar-refractivity contribution in [3.05, 3.63) is 42.2 Å². The summed E-state index contributed by atoms with van der Waals surface area (Å²) in [6, 6.07) is 8.72. The van der Waals surface area contributed by atoms with Gasteiger partial charge in [0.25, 0.3) is 0 Å². The zero-order valence-electron chi connectivity index (χ0n) is 18.3. The number of anilines is 2. The highest BCUT2D eigenvalue weighted by atomic mass is 32.2. The zero-order chi connectivity index (χ0) is 21.6. The number of piperazine rings is 1. The number of rotatable bonds is 5. The second kappa shape index (κ2) is 10.1. The summed E-state index contributed by atoms with van der Waals surface area (Å²) in [7, 11) is 1.86. The number of hydrogen-bond acceptors (Lipinski definition) is 5. The fourth-order valence-corrected chi connectivity index (χ4v) is 4.80. The van der Waals surface area contributed by atoms with Crippen LogP contribution in [0.4, 0.5) is 11.4 Å². The monoisotopic (exact) mass is 441 g/mol. The molecule has 1 N–H and O–H groups in total. The topological polar surface area (TPSA) is 69.0 Å². The van der Waals surface area contributed by atoms with Crippen LogP contribution in [-0.4, -0.2) is 77.3 Å². The summed E-state index contributed by atoms with van der Waals surface area (Å²) in [4.78, 5) is 23.8. The molecule has 0 saturated carbocycles. The van der Waals surface area contributed by atoms with Gasteiger partial charge in [0.1, 0.15) is 6.54 Å². The molecule has 9 heteroatoms. The minimum absolute atomic E-state index is 0.0638. The third-order valence-corrected chi connectivity index (χ3v) is 6.52. The van der Waals surface area contributed by atoms with Crippen LogP contribution in [0.2, 0.25) is 0 Å². The molecule has 3 heterocycles. The van der Waals surface area contributed by atoms with Crippen LogP contribution in [0.1, 0.15) is 12.5 Å². The first kappa shape index (κ1) is 21.5. The summed E-state index contributed by atoms with van der Waals surface area (Å²) in [5, 5.41) is 7.52. The van der Waals surface area contributed by atoms with Crippen molar-refractivity contribution in [2.75, 3.05) is 60.6 Å². The van der Waals surface area contributed by atoms with Crippen LogP contribution in [0.3, 0.4) is 0 Å². The van der Waals surface area contributed by atoms with E-state index >= 15 is 0 Å². The summed E-state index contributed by atoms with van der Waals surface area (Å²) in [6.07, 6.45) is 3.61. The average Bonchev–Trinajstić information content (AvgIpc) is 3.23. The molecule has 4 rings (SSSR count). The zero-order valence-corrected chi connectivity index (χ0v) is 19.1. The number of amides is 1. The molecule has 0 atom stereocenters. The van der Waals surface area contributed by atoms with E-state index in [0.29, 0.717) is 19.6 Å². The Hall–Kier alpha value is -2.68. The van der Waals surface area contributed by atoms with Gasteiger partial charge >= 0.3 is 0 Å². The Labute approximate surface area is 188 Å². The molecular weight excluding hydrogens is 410 g/mol. The van der Waals surface area contributed by atoms with Gasteiger partial charge < -0.3 is 20.0 Å². The van der Waals surface area contributed by atoms with E-state index in [1.807, 2.05) is 29.9 Å². The number of aliphatic imine (C=N–C) groups is 1. The minimum Gasteiger partial charge on any atom is -0.370 e. The molecule has 8 nitrogen and oxygen atoms in total. The maximum absolute atomic E-state index is 12.7. The lowest BCUT2D eigenvalue weighted by Crippen LogP contribution is -2.55. The molecule has 0 aliphatic carbocycles. The van der Waals surface area contributed by atoms with Gasteiger partial charge in [-0.25, -0.2) is 4.99 Å². The number of carbonyl (C=O) groups is 1. The normalized spacial score (nSPS) is 17.9. The number of carbonyl (C=O) groups excluding carboxylic acids is 1. The Balaban J connectivity index is 1.38. The highest BCUT2D eigenvalue weighted by Crippen LogP contribution is 2.20. The fraction of sp³-hybridized carbons (Fsp3) is 0.500. The molecule has 166 valence electrons. The van der Waals surface area contributed by atoms with Crippen molar-refractivity contribution in [2.24, 2.45) is 12.0 Å². The van der Waals surface area contributed by atoms with Gasteiger partial charge in [0.2, 0.25) is 5.91 Å². The molecule has 2 aliphatic rings. The minimum atomic E-state index is 0.0638. The maximum atomic E-state index is 12.7. The smallest absolute Gasteiger partial charge is 0.246 e. The van der Waals surface area contributed by atoms with Gasteiger partial charge in [0.05, 0.1) is 18.4 Å². The number of thioether (sulfide) groups is 1. The highest BCUT2D eigenvalue weighted by molar-refractivity contribution is 7.99. The van der Waals surface area contributed by atoms with Gasteiger partial charge in [-0.2, -0.15) is 16.9 Å². The second-order valence-corrected chi connectivity index (χ2v) is 9.00. The largest absolute Gasteiger partial charge is 0.370 e. The van der Waals surface area contributed by atoms with Crippen LogP contribution in [0, 0.1) is 0 Å². The van der Waals surface area contributed by atoms with Crippen LogP contribution < -0.4 is 15.1 Å². The van der Waals surface area contributed by atoms with Crippen LogP contribution >= 0.6 is 11.8 Å². The third kappa shape index (κ3) is 5.33. The lowest BCUT2D eigenvalue weighted by atomic mass is 10.2. The van der Waals surface area contributed by atoms with Crippen LogP contribution in [0.15, 0.2) is 41.7 Å². The van der Waals surface area contributed by atoms with E-state index in [2.05, 4.69) is 46.5 Å². The number of aryl methyl sites for hydroxylation is 1. The Morgan fingerprint density at radius 3 is 2.55 bits per heavy atom. The van der Waals surface area contributed by atoms with Gasteiger partial charge in [0, 0.05) is 63.2 Å². The van der Waals surface area contributed by atoms with E-state index in [1.54, 1.807) is 15.8 Å². The van der Waals surface area contributed by atoms with E-state index in [9.17, 15) is 4.79 Å². The summed E-state index contributed by atoms with van der Waals surface area (Å²) < 4.78 is 1.72. The first-order chi connectivity index (χ1) is 15.1. The van der Waals surface area contributed by atoms with Crippen LogP contribution in [0.5, 0.6) is 0 Å². The van der Waals surface area contributed by atoms with E-state index in [4.69, 9.17) is 4.99 Å². The lowest BCUT2D eigenvalue weighted by Gasteiger charge is -2.35. The molecule has 1 aromatic heterocycles. The molecule has 2 aromatic rings.